The van der Waals surface area contributed by atoms with Gasteiger partial charge in [0, 0.05) is 6.26 Å². The van der Waals surface area contributed by atoms with E-state index in [2.05, 4.69) is 0 Å². The van der Waals surface area contributed by atoms with Gasteiger partial charge in [-0.05, 0) is 18.1 Å². The van der Waals surface area contributed by atoms with Crippen LogP contribution in [0.4, 0.5) is 0 Å². The minimum Gasteiger partial charge on any atom is -0.366 e. The summed E-state index contributed by atoms with van der Waals surface area (Å²) in [5.74, 6) is -1.70. The number of rotatable bonds is 5. The van der Waals surface area contributed by atoms with Crippen LogP contribution in [0.15, 0.2) is 18.2 Å². The quantitative estimate of drug-likeness (QED) is 0.747. The van der Waals surface area contributed by atoms with Gasteiger partial charge in [0.1, 0.15) is 9.84 Å². The number of sulfone groups is 1. The van der Waals surface area contributed by atoms with E-state index in [1.54, 1.807) is 6.07 Å². The topological polar surface area (TPSA) is 120 Å². The molecule has 0 fully saturated rings. The van der Waals surface area contributed by atoms with Crippen molar-refractivity contribution in [3.05, 3.63) is 34.9 Å². The van der Waals surface area contributed by atoms with Crippen molar-refractivity contribution in [1.82, 2.24) is 0 Å². The van der Waals surface area contributed by atoms with Crippen molar-refractivity contribution < 1.29 is 18.0 Å². The molecule has 0 aliphatic rings. The van der Waals surface area contributed by atoms with E-state index >= 15 is 0 Å². The molecule has 0 radical (unpaired) electrons. The summed E-state index contributed by atoms with van der Waals surface area (Å²) in [5, 5.41) is 0. The van der Waals surface area contributed by atoms with E-state index in [0.717, 1.165) is 6.26 Å². The Morgan fingerprint density at radius 3 is 2.22 bits per heavy atom. The minimum absolute atomic E-state index is 0.00588. The third kappa shape index (κ3) is 3.56. The summed E-state index contributed by atoms with van der Waals surface area (Å²) in [6, 6.07) is 4.47. The number of amides is 2. The molecular formula is C11H14N2O4S. The van der Waals surface area contributed by atoms with Crippen molar-refractivity contribution in [2.24, 2.45) is 11.5 Å². The zero-order valence-electron chi connectivity index (χ0n) is 9.84. The van der Waals surface area contributed by atoms with Gasteiger partial charge in [0.2, 0.25) is 11.8 Å². The van der Waals surface area contributed by atoms with Crippen molar-refractivity contribution >= 4 is 21.7 Å². The summed E-state index contributed by atoms with van der Waals surface area (Å²) in [7, 11) is -3.17. The molecule has 0 aromatic heterocycles. The van der Waals surface area contributed by atoms with Crippen LogP contribution in [0.2, 0.25) is 0 Å². The SMILES string of the molecule is CS(=O)(=O)CCc1cccc(C(N)=O)c1C(N)=O. The van der Waals surface area contributed by atoms with E-state index in [1.807, 2.05) is 0 Å². The van der Waals surface area contributed by atoms with Crippen molar-refractivity contribution in [3.8, 4) is 0 Å². The third-order valence-corrected chi connectivity index (χ3v) is 3.35. The number of hydrogen-bond donors (Lipinski definition) is 2. The predicted octanol–water partition coefficient (Wildman–Crippen LogP) is -0.528. The molecule has 1 aromatic carbocycles. The van der Waals surface area contributed by atoms with Gasteiger partial charge in [-0.2, -0.15) is 0 Å². The highest BCUT2D eigenvalue weighted by Gasteiger charge is 2.17. The molecule has 18 heavy (non-hydrogen) atoms. The Morgan fingerprint density at radius 1 is 1.17 bits per heavy atom. The lowest BCUT2D eigenvalue weighted by molar-refractivity contribution is 0.0966. The lowest BCUT2D eigenvalue weighted by Crippen LogP contribution is -2.23. The molecule has 0 bridgehead atoms. The highest BCUT2D eigenvalue weighted by molar-refractivity contribution is 7.90. The third-order valence-electron chi connectivity index (χ3n) is 2.40. The van der Waals surface area contributed by atoms with Crippen LogP contribution in [0.1, 0.15) is 26.3 Å². The molecule has 6 nitrogen and oxygen atoms in total. The van der Waals surface area contributed by atoms with Crippen molar-refractivity contribution in [1.29, 1.82) is 0 Å². The van der Waals surface area contributed by atoms with Crippen LogP contribution in [0.5, 0.6) is 0 Å². The molecule has 0 spiro atoms. The monoisotopic (exact) mass is 270 g/mol. The number of nitrogens with two attached hydrogens (primary N) is 2. The molecule has 1 rings (SSSR count). The summed E-state index contributed by atoms with van der Waals surface area (Å²) in [5.41, 5.74) is 10.7. The molecule has 0 saturated heterocycles. The first kappa shape index (κ1) is 14.2. The number of hydrogen-bond acceptors (Lipinski definition) is 4. The van der Waals surface area contributed by atoms with E-state index in [4.69, 9.17) is 11.5 Å². The Labute approximate surface area is 105 Å². The molecule has 7 heteroatoms. The number of primary amides is 2. The molecule has 4 N–H and O–H groups in total. The van der Waals surface area contributed by atoms with Gasteiger partial charge in [0.05, 0.1) is 16.9 Å². The van der Waals surface area contributed by atoms with E-state index < -0.39 is 21.7 Å². The van der Waals surface area contributed by atoms with Crippen molar-refractivity contribution in [2.45, 2.75) is 6.42 Å². The first-order valence-electron chi connectivity index (χ1n) is 5.11. The van der Waals surface area contributed by atoms with Crippen LogP contribution in [0.25, 0.3) is 0 Å². The van der Waals surface area contributed by atoms with Gasteiger partial charge in [-0.25, -0.2) is 8.42 Å². The van der Waals surface area contributed by atoms with Gasteiger partial charge in [-0.1, -0.05) is 12.1 Å². The van der Waals surface area contributed by atoms with Crippen LogP contribution in [-0.4, -0.2) is 32.2 Å². The lowest BCUT2D eigenvalue weighted by Gasteiger charge is -2.09. The Bertz CT molecular complexity index is 593. The average molecular weight is 270 g/mol. The molecule has 0 aliphatic heterocycles. The van der Waals surface area contributed by atoms with Gasteiger partial charge in [-0.15, -0.1) is 0 Å². The summed E-state index contributed by atoms with van der Waals surface area (Å²) in [6.45, 7) is 0. The predicted molar refractivity (Wildman–Crippen MR) is 66.9 cm³/mol. The highest BCUT2D eigenvalue weighted by atomic mass is 32.2. The summed E-state index contributed by atoms with van der Waals surface area (Å²) in [4.78, 5) is 22.5. The second-order valence-corrected chi connectivity index (χ2v) is 6.21. The van der Waals surface area contributed by atoms with E-state index in [0.29, 0.717) is 5.56 Å². The van der Waals surface area contributed by atoms with E-state index in [-0.39, 0.29) is 23.3 Å². The van der Waals surface area contributed by atoms with Gasteiger partial charge >= 0.3 is 0 Å². The second-order valence-electron chi connectivity index (χ2n) is 3.95. The Kier molecular flexibility index (Phi) is 4.07. The fraction of sp³-hybridized carbons (Fsp3) is 0.273. The van der Waals surface area contributed by atoms with Crippen LogP contribution in [0.3, 0.4) is 0 Å². The summed E-state index contributed by atoms with van der Waals surface area (Å²) >= 11 is 0. The molecule has 0 saturated carbocycles. The largest absolute Gasteiger partial charge is 0.366 e. The fourth-order valence-electron chi connectivity index (χ4n) is 1.60. The average Bonchev–Trinajstić information content (AvgIpc) is 2.24. The van der Waals surface area contributed by atoms with Gasteiger partial charge < -0.3 is 11.5 Å². The van der Waals surface area contributed by atoms with Crippen LogP contribution in [-0.2, 0) is 16.3 Å². The maximum atomic E-state index is 11.3. The first-order chi connectivity index (χ1) is 8.22. The first-order valence-corrected chi connectivity index (χ1v) is 7.17. The Hall–Kier alpha value is -1.89. The minimum atomic E-state index is -3.17. The fourth-order valence-corrected chi connectivity index (χ4v) is 2.19. The molecule has 0 atom stereocenters. The van der Waals surface area contributed by atoms with Gasteiger partial charge in [0.15, 0.2) is 0 Å². The zero-order chi connectivity index (χ0) is 13.9. The number of aryl methyl sites for hydroxylation is 1. The Morgan fingerprint density at radius 2 is 1.78 bits per heavy atom. The number of carbonyl (C=O) groups is 2. The molecule has 0 unspecified atom stereocenters. The van der Waals surface area contributed by atoms with Crippen molar-refractivity contribution in [3.63, 3.8) is 0 Å². The zero-order valence-corrected chi connectivity index (χ0v) is 10.7. The molecule has 98 valence electrons. The molecule has 2 amide bonds. The maximum absolute atomic E-state index is 11.3. The smallest absolute Gasteiger partial charge is 0.249 e. The molecule has 0 aliphatic carbocycles. The number of benzene rings is 1. The summed E-state index contributed by atoms with van der Waals surface area (Å²) < 4.78 is 22.2. The summed E-state index contributed by atoms with van der Waals surface area (Å²) in [6.07, 6.45) is 1.20. The normalized spacial score (nSPS) is 11.2. The lowest BCUT2D eigenvalue weighted by atomic mass is 9.98. The van der Waals surface area contributed by atoms with E-state index in [1.165, 1.54) is 12.1 Å². The molecule has 1 aromatic rings. The van der Waals surface area contributed by atoms with Gasteiger partial charge in [-0.3, -0.25) is 9.59 Å². The standard InChI is InChI=1S/C11H14N2O4S/c1-18(16,17)6-5-7-3-2-4-8(10(12)14)9(7)11(13)15/h2-4H,5-6H2,1H3,(H2,12,14)(H2,13,15). The molecular weight excluding hydrogens is 256 g/mol. The van der Waals surface area contributed by atoms with Crippen LogP contribution < -0.4 is 11.5 Å². The molecule has 0 heterocycles. The van der Waals surface area contributed by atoms with Crippen molar-refractivity contribution in [2.75, 3.05) is 12.0 Å². The maximum Gasteiger partial charge on any atom is 0.249 e. The van der Waals surface area contributed by atoms with Crippen LogP contribution >= 0.6 is 0 Å². The number of carbonyl (C=O) groups excluding carboxylic acids is 2. The van der Waals surface area contributed by atoms with E-state index in [9.17, 15) is 18.0 Å². The highest BCUT2D eigenvalue weighted by Crippen LogP contribution is 2.15. The Balaban J connectivity index is 3.23. The van der Waals surface area contributed by atoms with Gasteiger partial charge in [0.25, 0.3) is 0 Å². The second kappa shape index (κ2) is 5.18. The van der Waals surface area contributed by atoms with Crippen LogP contribution in [0, 0.1) is 0 Å².